The minimum absolute atomic E-state index is 0.269. The molecule has 1 saturated heterocycles. The Morgan fingerprint density at radius 1 is 1.24 bits per heavy atom. The number of aryl methyl sites for hydroxylation is 4. The largest absolute Gasteiger partial charge is 0.361 e. The Balaban J connectivity index is 1.40. The molecule has 1 aliphatic rings. The number of piperazine rings is 1. The van der Waals surface area contributed by atoms with E-state index in [1.807, 2.05) is 25.7 Å². The van der Waals surface area contributed by atoms with Crippen molar-refractivity contribution in [2.75, 3.05) is 26.2 Å². The SMILES string of the molecule is Cc1csc(CCCC(=O)N2CCN(Cc3c(C)noc3C)CC2)n1. The van der Waals surface area contributed by atoms with Gasteiger partial charge in [-0.05, 0) is 33.6 Å². The lowest BCUT2D eigenvalue weighted by Crippen LogP contribution is -2.48. The molecule has 0 aliphatic carbocycles. The standard InChI is InChI=1S/C18H26N4O2S/c1-13-12-25-17(19-13)5-4-6-18(23)22-9-7-21(8-10-22)11-16-14(2)20-24-15(16)3/h12H,4-11H2,1-3H3. The van der Waals surface area contributed by atoms with Gasteiger partial charge in [0.2, 0.25) is 5.91 Å². The zero-order valence-electron chi connectivity index (χ0n) is 15.2. The van der Waals surface area contributed by atoms with Crippen LogP contribution in [-0.2, 0) is 17.8 Å². The fourth-order valence-electron chi connectivity index (χ4n) is 3.17. The molecule has 0 radical (unpaired) electrons. The molecule has 0 saturated carbocycles. The van der Waals surface area contributed by atoms with E-state index in [1.165, 1.54) is 5.56 Å². The molecule has 2 aromatic rings. The number of rotatable bonds is 6. The normalized spacial score (nSPS) is 15.7. The predicted octanol–water partition coefficient (Wildman–Crippen LogP) is 2.72. The van der Waals surface area contributed by atoms with Gasteiger partial charge in [-0.3, -0.25) is 9.69 Å². The number of amides is 1. The maximum absolute atomic E-state index is 12.4. The lowest BCUT2D eigenvalue weighted by Gasteiger charge is -2.34. The highest BCUT2D eigenvalue weighted by Gasteiger charge is 2.22. The number of carbonyl (C=O) groups excluding carboxylic acids is 1. The molecular weight excluding hydrogens is 336 g/mol. The number of aromatic nitrogens is 2. The fourth-order valence-corrected chi connectivity index (χ4v) is 3.99. The van der Waals surface area contributed by atoms with Crippen molar-refractivity contribution in [1.29, 1.82) is 0 Å². The van der Waals surface area contributed by atoms with Gasteiger partial charge in [0.05, 0.1) is 10.7 Å². The molecule has 1 amide bonds. The Kier molecular flexibility index (Phi) is 5.86. The maximum Gasteiger partial charge on any atom is 0.222 e. The summed E-state index contributed by atoms with van der Waals surface area (Å²) >= 11 is 1.69. The van der Waals surface area contributed by atoms with Crippen molar-refractivity contribution < 1.29 is 9.32 Å². The van der Waals surface area contributed by atoms with E-state index in [2.05, 4.69) is 20.4 Å². The van der Waals surface area contributed by atoms with Gasteiger partial charge in [0.25, 0.3) is 0 Å². The maximum atomic E-state index is 12.4. The second-order valence-corrected chi connectivity index (χ2v) is 7.64. The van der Waals surface area contributed by atoms with Crippen LogP contribution < -0.4 is 0 Å². The van der Waals surface area contributed by atoms with Crippen LogP contribution in [0.1, 0.15) is 40.6 Å². The third-order valence-electron chi connectivity index (χ3n) is 4.74. The van der Waals surface area contributed by atoms with E-state index in [-0.39, 0.29) is 5.91 Å². The highest BCUT2D eigenvalue weighted by atomic mass is 32.1. The van der Waals surface area contributed by atoms with Crippen molar-refractivity contribution in [2.24, 2.45) is 0 Å². The Bertz CT molecular complexity index is 697. The summed E-state index contributed by atoms with van der Waals surface area (Å²) < 4.78 is 5.23. The van der Waals surface area contributed by atoms with E-state index in [9.17, 15) is 4.79 Å². The molecule has 136 valence electrons. The quantitative estimate of drug-likeness (QED) is 0.791. The molecule has 0 aromatic carbocycles. The first-order valence-electron chi connectivity index (χ1n) is 8.86. The summed E-state index contributed by atoms with van der Waals surface area (Å²) in [7, 11) is 0. The van der Waals surface area contributed by atoms with E-state index in [0.717, 1.165) is 67.7 Å². The van der Waals surface area contributed by atoms with Crippen molar-refractivity contribution in [3.8, 4) is 0 Å². The smallest absolute Gasteiger partial charge is 0.222 e. The van der Waals surface area contributed by atoms with Gasteiger partial charge in [-0.2, -0.15) is 0 Å². The summed E-state index contributed by atoms with van der Waals surface area (Å²) in [4.78, 5) is 21.2. The minimum atomic E-state index is 0.269. The Morgan fingerprint density at radius 2 is 2.00 bits per heavy atom. The average molecular weight is 362 g/mol. The highest BCUT2D eigenvalue weighted by molar-refractivity contribution is 7.09. The lowest BCUT2D eigenvalue weighted by molar-refractivity contribution is -0.133. The van der Waals surface area contributed by atoms with Gasteiger partial charge >= 0.3 is 0 Å². The summed E-state index contributed by atoms with van der Waals surface area (Å²) in [5, 5.41) is 7.21. The Labute approximate surface area is 152 Å². The zero-order chi connectivity index (χ0) is 17.8. The first kappa shape index (κ1) is 18.1. The molecule has 0 atom stereocenters. The van der Waals surface area contributed by atoms with E-state index in [1.54, 1.807) is 11.3 Å². The molecule has 7 heteroatoms. The molecule has 0 spiro atoms. The Hall–Kier alpha value is -1.73. The van der Waals surface area contributed by atoms with Gasteiger partial charge in [-0.15, -0.1) is 11.3 Å². The fraction of sp³-hybridized carbons (Fsp3) is 0.611. The first-order valence-corrected chi connectivity index (χ1v) is 9.74. The minimum Gasteiger partial charge on any atom is -0.361 e. The van der Waals surface area contributed by atoms with Gasteiger partial charge in [-0.25, -0.2) is 4.98 Å². The zero-order valence-corrected chi connectivity index (χ0v) is 16.1. The number of hydrogen-bond donors (Lipinski definition) is 0. The lowest BCUT2D eigenvalue weighted by atomic mass is 10.1. The van der Waals surface area contributed by atoms with Gasteiger partial charge in [0.1, 0.15) is 5.76 Å². The van der Waals surface area contributed by atoms with Crippen molar-refractivity contribution in [2.45, 2.75) is 46.6 Å². The van der Waals surface area contributed by atoms with Gasteiger partial charge in [-0.1, -0.05) is 5.16 Å². The summed E-state index contributed by atoms with van der Waals surface area (Å²) in [6.45, 7) is 10.2. The molecule has 0 unspecified atom stereocenters. The molecule has 0 bridgehead atoms. The van der Waals surface area contributed by atoms with Crippen LogP contribution in [0.25, 0.3) is 0 Å². The third-order valence-corrected chi connectivity index (χ3v) is 5.76. The molecule has 1 aliphatic heterocycles. The van der Waals surface area contributed by atoms with E-state index in [0.29, 0.717) is 6.42 Å². The molecule has 1 fully saturated rings. The van der Waals surface area contributed by atoms with Crippen LogP contribution in [0.2, 0.25) is 0 Å². The molecular formula is C18H26N4O2S. The number of nitrogens with zero attached hydrogens (tertiary/aromatic N) is 4. The van der Waals surface area contributed by atoms with Crippen molar-refractivity contribution in [1.82, 2.24) is 19.9 Å². The molecule has 6 nitrogen and oxygen atoms in total. The van der Waals surface area contributed by atoms with Gasteiger partial charge in [0, 0.05) is 55.8 Å². The van der Waals surface area contributed by atoms with Crippen LogP contribution >= 0.6 is 11.3 Å². The van der Waals surface area contributed by atoms with Crippen LogP contribution in [0.15, 0.2) is 9.90 Å². The molecule has 2 aromatic heterocycles. The monoisotopic (exact) mass is 362 g/mol. The van der Waals surface area contributed by atoms with Crippen LogP contribution in [0.4, 0.5) is 0 Å². The second kappa shape index (κ2) is 8.10. The highest BCUT2D eigenvalue weighted by Crippen LogP contribution is 2.17. The average Bonchev–Trinajstić information content (AvgIpc) is 3.15. The number of hydrogen-bond acceptors (Lipinski definition) is 6. The Morgan fingerprint density at radius 3 is 2.60 bits per heavy atom. The summed E-state index contributed by atoms with van der Waals surface area (Å²) in [5.74, 6) is 1.17. The molecule has 3 rings (SSSR count). The second-order valence-electron chi connectivity index (χ2n) is 6.70. The predicted molar refractivity (Wildman–Crippen MR) is 97.6 cm³/mol. The number of carbonyl (C=O) groups is 1. The van der Waals surface area contributed by atoms with E-state index in [4.69, 9.17) is 4.52 Å². The number of thiazole rings is 1. The van der Waals surface area contributed by atoms with Crippen LogP contribution in [0.5, 0.6) is 0 Å². The molecule has 0 N–H and O–H groups in total. The first-order chi connectivity index (χ1) is 12.0. The van der Waals surface area contributed by atoms with Gasteiger partial charge in [0.15, 0.2) is 0 Å². The van der Waals surface area contributed by atoms with Crippen molar-refractivity contribution >= 4 is 17.2 Å². The topological polar surface area (TPSA) is 62.5 Å². The van der Waals surface area contributed by atoms with E-state index >= 15 is 0 Å². The molecule has 3 heterocycles. The van der Waals surface area contributed by atoms with Crippen LogP contribution in [-0.4, -0.2) is 52.0 Å². The van der Waals surface area contributed by atoms with E-state index < -0.39 is 0 Å². The summed E-state index contributed by atoms with van der Waals surface area (Å²) in [5.41, 5.74) is 3.22. The van der Waals surface area contributed by atoms with Crippen LogP contribution in [0, 0.1) is 20.8 Å². The van der Waals surface area contributed by atoms with Crippen LogP contribution in [0.3, 0.4) is 0 Å². The summed E-state index contributed by atoms with van der Waals surface area (Å²) in [6, 6.07) is 0. The molecule has 25 heavy (non-hydrogen) atoms. The third kappa shape index (κ3) is 4.67. The van der Waals surface area contributed by atoms with Gasteiger partial charge < -0.3 is 9.42 Å². The van der Waals surface area contributed by atoms with Crippen molar-refractivity contribution in [3.05, 3.63) is 33.1 Å². The van der Waals surface area contributed by atoms with Crippen molar-refractivity contribution in [3.63, 3.8) is 0 Å². The summed E-state index contributed by atoms with van der Waals surface area (Å²) in [6.07, 6.45) is 2.39.